The lowest BCUT2D eigenvalue weighted by Crippen LogP contribution is -2.38. The molecule has 0 aliphatic carbocycles. The molecule has 0 radical (unpaired) electrons. The molecule has 1 amide bonds. The van der Waals surface area contributed by atoms with E-state index in [9.17, 15) is 4.79 Å². The molecule has 1 saturated heterocycles. The molecule has 0 spiro atoms. The van der Waals surface area contributed by atoms with Crippen molar-refractivity contribution in [3.05, 3.63) is 53.7 Å². The Bertz CT molecular complexity index is 862. The number of rotatable bonds is 3. The van der Waals surface area contributed by atoms with Crippen LogP contribution in [-0.2, 0) is 0 Å². The molecule has 0 aromatic carbocycles. The molecule has 3 aromatic heterocycles. The molecule has 0 bridgehead atoms. The van der Waals surface area contributed by atoms with Gasteiger partial charge in [0.2, 0.25) is 0 Å². The Balaban J connectivity index is 1.46. The topological polar surface area (TPSA) is 87.9 Å². The van der Waals surface area contributed by atoms with E-state index < -0.39 is 0 Å². The van der Waals surface area contributed by atoms with Crippen LogP contribution in [0.15, 0.2) is 41.3 Å². The van der Waals surface area contributed by atoms with E-state index in [1.807, 2.05) is 17.9 Å². The van der Waals surface area contributed by atoms with Gasteiger partial charge in [-0.25, -0.2) is 0 Å². The predicted molar refractivity (Wildman–Crippen MR) is 90.9 cm³/mol. The molecule has 3 aromatic rings. The summed E-state index contributed by atoms with van der Waals surface area (Å²) in [6.07, 6.45) is 6.86. The van der Waals surface area contributed by atoms with Crippen LogP contribution in [0.25, 0.3) is 11.3 Å². The normalized spacial score (nSPS) is 15.5. The fourth-order valence-electron chi connectivity index (χ4n) is 3.34. The molecule has 1 fully saturated rings. The maximum absolute atomic E-state index is 12.5. The quantitative estimate of drug-likeness (QED) is 0.794. The van der Waals surface area contributed by atoms with Crippen molar-refractivity contribution in [2.45, 2.75) is 25.7 Å². The van der Waals surface area contributed by atoms with E-state index in [1.54, 1.807) is 30.7 Å². The lowest BCUT2D eigenvalue weighted by Gasteiger charge is -2.31. The average molecular weight is 337 g/mol. The second-order valence-electron chi connectivity index (χ2n) is 6.33. The first kappa shape index (κ1) is 15.6. The Morgan fingerprint density at radius 3 is 2.72 bits per heavy atom. The van der Waals surface area contributed by atoms with Crippen molar-refractivity contribution < 1.29 is 9.32 Å². The molecule has 4 rings (SSSR count). The van der Waals surface area contributed by atoms with Gasteiger partial charge in [-0.2, -0.15) is 5.10 Å². The van der Waals surface area contributed by atoms with Gasteiger partial charge in [0.1, 0.15) is 0 Å². The van der Waals surface area contributed by atoms with E-state index in [1.165, 1.54) is 0 Å². The summed E-state index contributed by atoms with van der Waals surface area (Å²) in [5.41, 5.74) is 3.56. The van der Waals surface area contributed by atoms with Crippen LogP contribution in [0.3, 0.4) is 0 Å². The number of pyridine rings is 1. The maximum Gasteiger partial charge on any atom is 0.253 e. The number of nitrogens with one attached hydrogen (secondary N) is 1. The SMILES string of the molecule is Cc1cc(-c2cn[nH]c2C2CCN(C(=O)c3ccncc3)CC2)on1. The number of nitrogens with zero attached hydrogens (tertiary/aromatic N) is 4. The van der Waals surface area contributed by atoms with Crippen LogP contribution in [0.5, 0.6) is 0 Å². The zero-order chi connectivity index (χ0) is 17.2. The monoisotopic (exact) mass is 337 g/mol. The maximum atomic E-state index is 12.5. The molecule has 0 atom stereocenters. The summed E-state index contributed by atoms with van der Waals surface area (Å²) in [5.74, 6) is 1.12. The van der Waals surface area contributed by atoms with Crippen molar-refractivity contribution in [3.8, 4) is 11.3 Å². The van der Waals surface area contributed by atoms with Gasteiger partial charge in [0.05, 0.1) is 17.5 Å². The van der Waals surface area contributed by atoms with Gasteiger partial charge in [-0.1, -0.05) is 5.16 Å². The van der Waals surface area contributed by atoms with Gasteiger partial charge in [0.25, 0.3) is 5.91 Å². The summed E-state index contributed by atoms with van der Waals surface area (Å²) in [5, 5.41) is 11.2. The summed E-state index contributed by atoms with van der Waals surface area (Å²) >= 11 is 0. The van der Waals surface area contributed by atoms with E-state index in [0.717, 1.165) is 48.6 Å². The van der Waals surface area contributed by atoms with E-state index in [4.69, 9.17) is 4.52 Å². The Hall–Kier alpha value is -2.96. The van der Waals surface area contributed by atoms with Crippen molar-refractivity contribution >= 4 is 5.91 Å². The molecule has 0 unspecified atom stereocenters. The van der Waals surface area contributed by atoms with Crippen LogP contribution in [0.4, 0.5) is 0 Å². The molecule has 25 heavy (non-hydrogen) atoms. The predicted octanol–water partition coefficient (Wildman–Crippen LogP) is 2.79. The summed E-state index contributed by atoms with van der Waals surface area (Å²) in [6.45, 7) is 3.34. The first-order valence-electron chi connectivity index (χ1n) is 8.38. The minimum absolute atomic E-state index is 0.0662. The van der Waals surface area contributed by atoms with Gasteiger partial charge in [-0.15, -0.1) is 0 Å². The highest BCUT2D eigenvalue weighted by Crippen LogP contribution is 2.34. The molecular formula is C18H19N5O2. The standard InChI is InChI=1S/C18H19N5O2/c1-12-10-16(25-22-12)15-11-20-21-17(15)13-4-8-23(9-5-13)18(24)14-2-6-19-7-3-14/h2-3,6-7,10-11,13H,4-5,8-9H2,1H3,(H,20,21). The van der Waals surface area contributed by atoms with Crippen LogP contribution >= 0.6 is 0 Å². The molecule has 1 aliphatic rings. The molecule has 128 valence electrons. The van der Waals surface area contributed by atoms with Crippen molar-refractivity contribution in [1.29, 1.82) is 0 Å². The summed E-state index contributed by atoms with van der Waals surface area (Å²) in [7, 11) is 0. The number of aromatic nitrogens is 4. The Morgan fingerprint density at radius 1 is 1.28 bits per heavy atom. The highest BCUT2D eigenvalue weighted by Gasteiger charge is 2.28. The first-order valence-corrected chi connectivity index (χ1v) is 8.38. The Labute approximate surface area is 145 Å². The molecule has 7 heteroatoms. The fraction of sp³-hybridized carbons (Fsp3) is 0.333. The van der Waals surface area contributed by atoms with Gasteiger partial charge in [-0.3, -0.25) is 14.9 Å². The van der Waals surface area contributed by atoms with Gasteiger partial charge < -0.3 is 9.42 Å². The minimum atomic E-state index is 0.0662. The lowest BCUT2D eigenvalue weighted by molar-refractivity contribution is 0.0712. The Morgan fingerprint density at radius 2 is 2.04 bits per heavy atom. The van der Waals surface area contributed by atoms with Crippen LogP contribution in [0.1, 0.15) is 40.5 Å². The van der Waals surface area contributed by atoms with Crippen molar-refractivity contribution in [1.82, 2.24) is 25.2 Å². The van der Waals surface area contributed by atoms with E-state index in [0.29, 0.717) is 11.5 Å². The highest BCUT2D eigenvalue weighted by molar-refractivity contribution is 5.94. The summed E-state index contributed by atoms with van der Waals surface area (Å²) in [6, 6.07) is 5.43. The van der Waals surface area contributed by atoms with Gasteiger partial charge in [-0.05, 0) is 31.9 Å². The number of piperidine rings is 1. The second kappa shape index (κ2) is 6.51. The second-order valence-corrected chi connectivity index (χ2v) is 6.33. The number of amides is 1. The van der Waals surface area contributed by atoms with Gasteiger partial charge in [0, 0.05) is 48.7 Å². The largest absolute Gasteiger partial charge is 0.356 e. The molecule has 4 heterocycles. The number of hydrogen-bond acceptors (Lipinski definition) is 5. The average Bonchev–Trinajstić information content (AvgIpc) is 3.31. The fourth-order valence-corrected chi connectivity index (χ4v) is 3.34. The minimum Gasteiger partial charge on any atom is -0.356 e. The first-order chi connectivity index (χ1) is 12.2. The number of likely N-dealkylation sites (tertiary alicyclic amines) is 1. The number of H-pyrrole nitrogens is 1. The number of carbonyl (C=O) groups is 1. The zero-order valence-electron chi connectivity index (χ0n) is 14.0. The number of aromatic amines is 1. The molecule has 7 nitrogen and oxygen atoms in total. The van der Waals surface area contributed by atoms with E-state index >= 15 is 0 Å². The summed E-state index contributed by atoms with van der Waals surface area (Å²) < 4.78 is 5.38. The van der Waals surface area contributed by atoms with Crippen molar-refractivity contribution in [3.63, 3.8) is 0 Å². The lowest BCUT2D eigenvalue weighted by atomic mass is 9.90. The van der Waals surface area contributed by atoms with Crippen LogP contribution < -0.4 is 0 Å². The summed E-state index contributed by atoms with van der Waals surface area (Å²) in [4.78, 5) is 18.4. The van der Waals surface area contributed by atoms with Crippen LogP contribution in [0, 0.1) is 6.92 Å². The van der Waals surface area contributed by atoms with E-state index in [2.05, 4.69) is 20.3 Å². The molecular weight excluding hydrogens is 318 g/mol. The van der Waals surface area contributed by atoms with Gasteiger partial charge in [0.15, 0.2) is 5.76 Å². The van der Waals surface area contributed by atoms with E-state index in [-0.39, 0.29) is 5.91 Å². The number of carbonyl (C=O) groups excluding carboxylic acids is 1. The smallest absolute Gasteiger partial charge is 0.253 e. The Kier molecular flexibility index (Phi) is 4.05. The third-order valence-corrected chi connectivity index (χ3v) is 4.68. The van der Waals surface area contributed by atoms with Crippen molar-refractivity contribution in [2.24, 2.45) is 0 Å². The van der Waals surface area contributed by atoms with Gasteiger partial charge >= 0.3 is 0 Å². The third kappa shape index (κ3) is 3.05. The van der Waals surface area contributed by atoms with Crippen molar-refractivity contribution in [2.75, 3.05) is 13.1 Å². The molecule has 0 saturated carbocycles. The molecule has 1 N–H and O–H groups in total. The third-order valence-electron chi connectivity index (χ3n) is 4.68. The number of hydrogen-bond donors (Lipinski definition) is 1. The van der Waals surface area contributed by atoms with Crippen LogP contribution in [0.2, 0.25) is 0 Å². The van der Waals surface area contributed by atoms with Crippen LogP contribution in [-0.4, -0.2) is 44.2 Å². The zero-order valence-corrected chi connectivity index (χ0v) is 14.0. The molecule has 1 aliphatic heterocycles. The highest BCUT2D eigenvalue weighted by atomic mass is 16.5. The number of aryl methyl sites for hydroxylation is 1.